The lowest BCUT2D eigenvalue weighted by atomic mass is 10.1. The van der Waals surface area contributed by atoms with Gasteiger partial charge in [0, 0.05) is 30.2 Å². The van der Waals surface area contributed by atoms with Crippen LogP contribution in [0.1, 0.15) is 24.0 Å². The molecule has 1 aliphatic rings. The van der Waals surface area contributed by atoms with E-state index in [0.29, 0.717) is 19.5 Å². The number of rotatable bonds is 9. The van der Waals surface area contributed by atoms with Crippen molar-refractivity contribution in [2.75, 3.05) is 13.1 Å². The normalized spacial score (nSPS) is 17.8. The highest BCUT2D eigenvalue weighted by molar-refractivity contribution is 5.92. The molecule has 1 aliphatic carbocycles. The van der Waals surface area contributed by atoms with E-state index in [2.05, 4.69) is 33.8 Å². The van der Waals surface area contributed by atoms with Crippen LogP contribution in [0.25, 0.3) is 10.9 Å². The van der Waals surface area contributed by atoms with Crippen LogP contribution in [-0.2, 0) is 22.4 Å². The van der Waals surface area contributed by atoms with Crippen molar-refractivity contribution in [3.8, 4) is 0 Å². The first-order chi connectivity index (χ1) is 14.2. The number of carbonyl (C=O) groups is 2. The van der Waals surface area contributed by atoms with Gasteiger partial charge in [0.2, 0.25) is 11.8 Å². The topological polar surface area (TPSA) is 74.0 Å². The predicted octanol–water partition coefficient (Wildman–Crippen LogP) is 3.21. The minimum Gasteiger partial charge on any atom is -0.361 e. The predicted molar refractivity (Wildman–Crippen MR) is 114 cm³/mol. The number of para-hydroxylation sites is 1. The molecule has 2 unspecified atom stereocenters. The first-order valence-electron chi connectivity index (χ1n) is 10.4. The number of H-pyrrole nitrogens is 1. The fourth-order valence-corrected chi connectivity index (χ4v) is 3.84. The third-order valence-electron chi connectivity index (χ3n) is 5.62. The van der Waals surface area contributed by atoms with E-state index in [-0.39, 0.29) is 23.7 Å². The van der Waals surface area contributed by atoms with Crippen LogP contribution in [0.2, 0.25) is 0 Å². The molecular formula is C24H27N3O2. The van der Waals surface area contributed by atoms with Gasteiger partial charge in [-0.1, -0.05) is 48.5 Å². The van der Waals surface area contributed by atoms with Gasteiger partial charge in [-0.15, -0.1) is 0 Å². The minimum atomic E-state index is -0.174. The molecule has 4 rings (SSSR count). The fourth-order valence-electron chi connectivity index (χ4n) is 3.84. The number of amides is 2. The number of benzene rings is 2. The van der Waals surface area contributed by atoms with E-state index >= 15 is 0 Å². The Hall–Kier alpha value is -3.08. The molecule has 0 spiro atoms. The zero-order valence-corrected chi connectivity index (χ0v) is 16.5. The summed E-state index contributed by atoms with van der Waals surface area (Å²) in [5.74, 6) is -0.337. The van der Waals surface area contributed by atoms with Crippen LogP contribution in [-0.4, -0.2) is 29.9 Å². The molecule has 0 radical (unpaired) electrons. The summed E-state index contributed by atoms with van der Waals surface area (Å²) in [4.78, 5) is 27.8. The summed E-state index contributed by atoms with van der Waals surface area (Å²) in [6.45, 7) is 1.24. The molecule has 2 atom stereocenters. The number of aryl methyl sites for hydroxylation is 1. The molecule has 3 aromatic rings. The molecule has 29 heavy (non-hydrogen) atoms. The van der Waals surface area contributed by atoms with Gasteiger partial charge in [0.15, 0.2) is 0 Å². The van der Waals surface area contributed by atoms with Gasteiger partial charge in [-0.25, -0.2) is 0 Å². The molecule has 150 valence electrons. The molecule has 0 saturated heterocycles. The lowest BCUT2D eigenvalue weighted by molar-refractivity contribution is -0.127. The van der Waals surface area contributed by atoms with Gasteiger partial charge in [0.1, 0.15) is 0 Å². The van der Waals surface area contributed by atoms with Crippen molar-refractivity contribution in [3.63, 3.8) is 0 Å². The van der Waals surface area contributed by atoms with Crippen LogP contribution in [0.5, 0.6) is 0 Å². The van der Waals surface area contributed by atoms with Crippen molar-refractivity contribution < 1.29 is 9.59 Å². The highest BCUT2D eigenvalue weighted by atomic mass is 16.2. The lowest BCUT2D eigenvalue weighted by Gasteiger charge is -2.06. The summed E-state index contributed by atoms with van der Waals surface area (Å²) in [5.41, 5.74) is 3.59. The molecule has 0 bridgehead atoms. The van der Waals surface area contributed by atoms with Gasteiger partial charge in [-0.3, -0.25) is 9.59 Å². The van der Waals surface area contributed by atoms with E-state index in [1.54, 1.807) is 0 Å². The average molecular weight is 389 g/mol. The standard InChI is InChI=1S/C24H27N3O2/c28-23(25-13-6-9-17-7-2-1-3-8-17)20-15-21(20)24(29)26-14-12-18-16-27-22-11-5-4-10-19(18)22/h1-5,7-8,10-11,16,20-21,27H,6,9,12-15H2,(H,25,28)(H,26,29). The number of carbonyl (C=O) groups excluding carboxylic acids is 2. The second kappa shape index (κ2) is 8.95. The summed E-state index contributed by atoms with van der Waals surface area (Å²) in [6.07, 6.45) is 5.29. The zero-order valence-electron chi connectivity index (χ0n) is 16.5. The van der Waals surface area contributed by atoms with E-state index in [1.165, 1.54) is 16.5 Å². The van der Waals surface area contributed by atoms with E-state index in [4.69, 9.17) is 0 Å². The molecule has 1 heterocycles. The van der Waals surface area contributed by atoms with Gasteiger partial charge < -0.3 is 15.6 Å². The molecule has 2 aromatic carbocycles. The Morgan fingerprint density at radius 3 is 2.34 bits per heavy atom. The van der Waals surface area contributed by atoms with Crippen LogP contribution in [0, 0.1) is 11.8 Å². The summed E-state index contributed by atoms with van der Waals surface area (Å²) >= 11 is 0. The maximum absolute atomic E-state index is 12.3. The Bertz CT molecular complexity index is 980. The molecule has 1 aromatic heterocycles. The molecule has 1 saturated carbocycles. The van der Waals surface area contributed by atoms with Gasteiger partial charge in [-0.05, 0) is 42.9 Å². The monoisotopic (exact) mass is 389 g/mol. The Kier molecular flexibility index (Phi) is 5.94. The van der Waals surface area contributed by atoms with Crippen LogP contribution in [0.4, 0.5) is 0 Å². The quantitative estimate of drug-likeness (QED) is 0.492. The van der Waals surface area contributed by atoms with Gasteiger partial charge in [0.05, 0.1) is 11.8 Å². The number of nitrogens with one attached hydrogen (secondary N) is 3. The maximum atomic E-state index is 12.3. The van der Waals surface area contributed by atoms with Crippen molar-refractivity contribution in [2.24, 2.45) is 11.8 Å². The van der Waals surface area contributed by atoms with Crippen molar-refractivity contribution in [2.45, 2.75) is 25.7 Å². The van der Waals surface area contributed by atoms with Crippen molar-refractivity contribution >= 4 is 22.7 Å². The molecule has 3 N–H and O–H groups in total. The third kappa shape index (κ3) is 4.86. The zero-order chi connectivity index (χ0) is 20.1. The molecule has 1 fully saturated rings. The largest absolute Gasteiger partial charge is 0.361 e. The lowest BCUT2D eigenvalue weighted by Crippen LogP contribution is -2.31. The molecule has 5 heteroatoms. The van der Waals surface area contributed by atoms with E-state index in [0.717, 1.165) is 24.8 Å². The highest BCUT2D eigenvalue weighted by Crippen LogP contribution is 2.38. The fraction of sp³-hybridized carbons (Fsp3) is 0.333. The van der Waals surface area contributed by atoms with Crippen LogP contribution >= 0.6 is 0 Å². The van der Waals surface area contributed by atoms with Crippen molar-refractivity contribution in [1.82, 2.24) is 15.6 Å². The smallest absolute Gasteiger partial charge is 0.223 e. The first-order valence-corrected chi connectivity index (χ1v) is 10.4. The second-order valence-electron chi connectivity index (χ2n) is 7.73. The molecule has 2 amide bonds. The van der Waals surface area contributed by atoms with Gasteiger partial charge >= 0.3 is 0 Å². The van der Waals surface area contributed by atoms with Crippen LogP contribution in [0.3, 0.4) is 0 Å². The second-order valence-corrected chi connectivity index (χ2v) is 7.73. The Labute approximate surface area is 170 Å². The maximum Gasteiger partial charge on any atom is 0.223 e. The highest BCUT2D eigenvalue weighted by Gasteiger charge is 2.47. The summed E-state index contributed by atoms with van der Waals surface area (Å²) < 4.78 is 0. The number of aromatic amines is 1. The summed E-state index contributed by atoms with van der Waals surface area (Å²) in [5, 5.41) is 7.16. The van der Waals surface area contributed by atoms with Crippen molar-refractivity contribution in [3.05, 3.63) is 71.9 Å². The number of fused-ring (bicyclic) bond motifs is 1. The molecule has 5 nitrogen and oxygen atoms in total. The van der Waals surface area contributed by atoms with Gasteiger partial charge in [0.25, 0.3) is 0 Å². The number of aromatic nitrogens is 1. The Morgan fingerprint density at radius 2 is 1.55 bits per heavy atom. The third-order valence-corrected chi connectivity index (χ3v) is 5.62. The number of hydrogen-bond donors (Lipinski definition) is 3. The molecule has 0 aliphatic heterocycles. The Morgan fingerprint density at radius 1 is 0.862 bits per heavy atom. The van der Waals surface area contributed by atoms with Crippen LogP contribution < -0.4 is 10.6 Å². The summed E-state index contributed by atoms with van der Waals surface area (Å²) in [6, 6.07) is 18.4. The van der Waals surface area contributed by atoms with Gasteiger partial charge in [-0.2, -0.15) is 0 Å². The van der Waals surface area contributed by atoms with Crippen molar-refractivity contribution in [1.29, 1.82) is 0 Å². The minimum absolute atomic E-state index is 0.00530. The van der Waals surface area contributed by atoms with Crippen LogP contribution in [0.15, 0.2) is 60.8 Å². The van der Waals surface area contributed by atoms with E-state index in [9.17, 15) is 9.59 Å². The molecular weight excluding hydrogens is 362 g/mol. The number of hydrogen-bond acceptors (Lipinski definition) is 2. The first kappa shape index (κ1) is 19.2. The summed E-state index contributed by atoms with van der Waals surface area (Å²) in [7, 11) is 0. The average Bonchev–Trinajstić information content (AvgIpc) is 3.46. The van der Waals surface area contributed by atoms with E-state index < -0.39 is 0 Å². The Balaban J connectivity index is 1.14. The van der Waals surface area contributed by atoms with E-state index in [1.807, 2.05) is 42.6 Å². The SMILES string of the molecule is O=C(NCCCc1ccccc1)C1CC1C(=O)NCCc1c[nH]c2ccccc12.